The first-order valence-corrected chi connectivity index (χ1v) is 12.0. The second-order valence-electron chi connectivity index (χ2n) is 8.06. The van der Waals surface area contributed by atoms with Gasteiger partial charge < -0.3 is 9.64 Å². The molecule has 1 heterocycles. The summed E-state index contributed by atoms with van der Waals surface area (Å²) < 4.78 is 58.3. The van der Waals surface area contributed by atoms with Crippen molar-refractivity contribution < 1.29 is 31.5 Å². The Labute approximate surface area is 192 Å². The fraction of sp³-hybridized carbons (Fsp3) is 0.391. The standard InChI is InChI=1S/C23H26F2N2O5S/c1-16(2)27(18-6-4-3-5-7-18)22(28)15-32-23(29)17-10-12-26(13-11-17)33(30,31)19-8-9-20(24)21(25)14-19/h3-9,14,16-17H,10-13,15H2,1-2H3. The maximum absolute atomic E-state index is 13.5. The second-order valence-corrected chi connectivity index (χ2v) is 9.99. The van der Waals surface area contributed by atoms with E-state index in [-0.39, 0.29) is 42.8 Å². The third-order valence-electron chi connectivity index (χ3n) is 5.47. The zero-order chi connectivity index (χ0) is 24.2. The summed E-state index contributed by atoms with van der Waals surface area (Å²) in [7, 11) is -4.01. The van der Waals surface area contributed by atoms with Gasteiger partial charge in [0, 0.05) is 24.8 Å². The van der Waals surface area contributed by atoms with Crippen LogP contribution in [0.1, 0.15) is 26.7 Å². The Balaban J connectivity index is 1.56. The molecule has 2 aromatic carbocycles. The molecule has 1 aliphatic heterocycles. The predicted molar refractivity (Wildman–Crippen MR) is 118 cm³/mol. The number of carbonyl (C=O) groups excluding carboxylic acids is 2. The average molecular weight is 481 g/mol. The van der Waals surface area contributed by atoms with E-state index in [4.69, 9.17) is 4.74 Å². The number of hydrogen-bond donors (Lipinski definition) is 0. The molecule has 1 saturated heterocycles. The van der Waals surface area contributed by atoms with Gasteiger partial charge >= 0.3 is 5.97 Å². The molecule has 1 amide bonds. The van der Waals surface area contributed by atoms with Crippen molar-refractivity contribution in [3.8, 4) is 0 Å². The molecule has 33 heavy (non-hydrogen) atoms. The molecule has 0 aliphatic carbocycles. The van der Waals surface area contributed by atoms with Crippen LogP contribution >= 0.6 is 0 Å². The molecule has 1 fully saturated rings. The number of sulfonamides is 1. The Bertz CT molecular complexity index is 1100. The van der Waals surface area contributed by atoms with Crippen molar-refractivity contribution in [3.05, 3.63) is 60.2 Å². The largest absolute Gasteiger partial charge is 0.455 e. The van der Waals surface area contributed by atoms with Crippen molar-refractivity contribution in [1.29, 1.82) is 0 Å². The van der Waals surface area contributed by atoms with Crippen LogP contribution in [0.3, 0.4) is 0 Å². The minimum atomic E-state index is -4.01. The van der Waals surface area contributed by atoms with Crippen molar-refractivity contribution >= 4 is 27.6 Å². The van der Waals surface area contributed by atoms with E-state index < -0.39 is 40.2 Å². The summed E-state index contributed by atoms with van der Waals surface area (Å²) in [4.78, 5) is 26.4. The average Bonchev–Trinajstić information content (AvgIpc) is 2.80. The number of amides is 1. The number of anilines is 1. The highest BCUT2D eigenvalue weighted by molar-refractivity contribution is 7.89. The van der Waals surface area contributed by atoms with Crippen molar-refractivity contribution in [1.82, 2.24) is 4.31 Å². The molecular formula is C23H26F2N2O5S. The van der Waals surface area contributed by atoms with E-state index in [1.54, 1.807) is 17.0 Å². The molecule has 0 N–H and O–H groups in total. The van der Waals surface area contributed by atoms with E-state index >= 15 is 0 Å². The van der Waals surface area contributed by atoms with E-state index in [1.165, 1.54) is 0 Å². The van der Waals surface area contributed by atoms with Crippen LogP contribution in [0.4, 0.5) is 14.5 Å². The van der Waals surface area contributed by atoms with Gasteiger partial charge in [0.25, 0.3) is 5.91 Å². The Morgan fingerprint density at radius 3 is 2.27 bits per heavy atom. The molecule has 7 nitrogen and oxygen atoms in total. The first kappa shape index (κ1) is 24.8. The highest BCUT2D eigenvalue weighted by Gasteiger charge is 2.33. The number of nitrogens with zero attached hydrogens (tertiary/aromatic N) is 2. The fourth-order valence-electron chi connectivity index (χ4n) is 3.76. The lowest BCUT2D eigenvalue weighted by atomic mass is 9.98. The van der Waals surface area contributed by atoms with Crippen LogP contribution in [0, 0.1) is 17.6 Å². The highest BCUT2D eigenvalue weighted by atomic mass is 32.2. The third-order valence-corrected chi connectivity index (χ3v) is 7.37. The van der Waals surface area contributed by atoms with Crippen molar-refractivity contribution in [2.24, 2.45) is 5.92 Å². The number of piperidine rings is 1. The van der Waals surface area contributed by atoms with Crippen LogP contribution in [0.2, 0.25) is 0 Å². The van der Waals surface area contributed by atoms with E-state index in [9.17, 15) is 26.8 Å². The van der Waals surface area contributed by atoms with Crippen LogP contribution < -0.4 is 4.90 Å². The van der Waals surface area contributed by atoms with E-state index in [1.807, 2.05) is 32.0 Å². The van der Waals surface area contributed by atoms with Gasteiger partial charge in [-0.15, -0.1) is 0 Å². The minimum Gasteiger partial charge on any atom is -0.455 e. The Kier molecular flexibility index (Phi) is 7.80. The normalized spacial score (nSPS) is 15.4. The van der Waals surface area contributed by atoms with Crippen LogP contribution in [0.25, 0.3) is 0 Å². The van der Waals surface area contributed by atoms with Gasteiger partial charge in [0.15, 0.2) is 18.2 Å². The Morgan fingerprint density at radius 1 is 1.06 bits per heavy atom. The summed E-state index contributed by atoms with van der Waals surface area (Å²) in [6.45, 7) is 3.35. The van der Waals surface area contributed by atoms with E-state index in [0.29, 0.717) is 11.8 Å². The highest BCUT2D eigenvalue weighted by Crippen LogP contribution is 2.26. The van der Waals surface area contributed by atoms with Gasteiger partial charge in [0.2, 0.25) is 10.0 Å². The fourth-order valence-corrected chi connectivity index (χ4v) is 5.24. The lowest BCUT2D eigenvalue weighted by Gasteiger charge is -2.30. The molecule has 0 bridgehead atoms. The first-order chi connectivity index (χ1) is 15.6. The quantitative estimate of drug-likeness (QED) is 0.568. The maximum atomic E-state index is 13.5. The molecule has 2 aromatic rings. The van der Waals surface area contributed by atoms with Crippen molar-refractivity contribution in [2.75, 3.05) is 24.6 Å². The molecule has 3 rings (SSSR count). The van der Waals surface area contributed by atoms with Crippen LogP contribution in [0.15, 0.2) is 53.4 Å². The predicted octanol–water partition coefficient (Wildman–Crippen LogP) is 3.35. The molecule has 0 aromatic heterocycles. The van der Waals surface area contributed by atoms with Gasteiger partial charge in [-0.05, 0) is 57.0 Å². The van der Waals surface area contributed by atoms with E-state index in [0.717, 1.165) is 16.4 Å². The lowest BCUT2D eigenvalue weighted by molar-refractivity contribution is -0.153. The molecule has 0 spiro atoms. The molecule has 10 heteroatoms. The summed E-state index contributed by atoms with van der Waals surface area (Å²) in [6.07, 6.45) is 0.394. The number of benzene rings is 2. The summed E-state index contributed by atoms with van der Waals surface area (Å²) in [5.74, 6) is -3.86. The minimum absolute atomic E-state index is 0.0250. The zero-order valence-electron chi connectivity index (χ0n) is 18.4. The van der Waals surface area contributed by atoms with Gasteiger partial charge in [-0.1, -0.05) is 18.2 Å². The van der Waals surface area contributed by atoms with Crippen molar-refractivity contribution in [2.45, 2.75) is 37.6 Å². The van der Waals surface area contributed by atoms with Gasteiger partial charge in [0.05, 0.1) is 10.8 Å². The maximum Gasteiger partial charge on any atom is 0.309 e. The van der Waals surface area contributed by atoms with Crippen molar-refractivity contribution in [3.63, 3.8) is 0 Å². The number of ether oxygens (including phenoxy) is 1. The first-order valence-electron chi connectivity index (χ1n) is 10.6. The molecule has 0 atom stereocenters. The monoisotopic (exact) mass is 480 g/mol. The summed E-state index contributed by atoms with van der Waals surface area (Å²) >= 11 is 0. The number of rotatable bonds is 7. The summed E-state index contributed by atoms with van der Waals surface area (Å²) in [5.41, 5.74) is 0.698. The SMILES string of the molecule is CC(C)N(C(=O)COC(=O)C1CCN(S(=O)(=O)c2ccc(F)c(F)c2)CC1)c1ccccc1. The van der Waals surface area contributed by atoms with Crippen LogP contribution in [-0.4, -0.2) is 50.3 Å². The molecule has 0 radical (unpaired) electrons. The zero-order valence-corrected chi connectivity index (χ0v) is 19.2. The Morgan fingerprint density at radius 2 is 1.70 bits per heavy atom. The van der Waals surface area contributed by atoms with Gasteiger partial charge in [-0.3, -0.25) is 9.59 Å². The second kappa shape index (κ2) is 10.4. The van der Waals surface area contributed by atoms with Gasteiger partial charge in [-0.25, -0.2) is 17.2 Å². The van der Waals surface area contributed by atoms with Crippen LogP contribution in [0.5, 0.6) is 0 Å². The number of carbonyl (C=O) groups is 2. The molecule has 0 saturated carbocycles. The molecule has 1 aliphatic rings. The third kappa shape index (κ3) is 5.75. The number of halogens is 2. The van der Waals surface area contributed by atoms with Gasteiger partial charge in [-0.2, -0.15) is 4.31 Å². The summed E-state index contributed by atoms with van der Waals surface area (Å²) in [5, 5.41) is 0. The molecule has 178 valence electrons. The van der Waals surface area contributed by atoms with Crippen LogP contribution in [-0.2, 0) is 24.3 Å². The lowest BCUT2D eigenvalue weighted by Crippen LogP contribution is -2.42. The molecular weight excluding hydrogens is 454 g/mol. The smallest absolute Gasteiger partial charge is 0.309 e. The summed E-state index contributed by atoms with van der Waals surface area (Å²) in [6, 6.07) is 11.3. The Hall–Kier alpha value is -2.85. The number of para-hydroxylation sites is 1. The topological polar surface area (TPSA) is 84.0 Å². The number of esters is 1. The molecule has 0 unspecified atom stereocenters. The number of hydrogen-bond acceptors (Lipinski definition) is 5. The van der Waals surface area contributed by atoms with E-state index in [2.05, 4.69) is 0 Å². The van der Waals surface area contributed by atoms with Gasteiger partial charge in [0.1, 0.15) is 0 Å².